The number of benzene rings is 2. The van der Waals surface area contributed by atoms with Gasteiger partial charge in [-0.25, -0.2) is 0 Å². The van der Waals surface area contributed by atoms with Crippen molar-refractivity contribution in [1.82, 2.24) is 25.2 Å². The van der Waals surface area contributed by atoms with Crippen LogP contribution in [0.3, 0.4) is 0 Å². The molecule has 8 rings (SSSR count). The average Bonchev–Trinajstić information content (AvgIpc) is 3.70. The van der Waals surface area contributed by atoms with Crippen LogP contribution in [-0.4, -0.2) is 75.4 Å². The highest BCUT2D eigenvalue weighted by molar-refractivity contribution is 7.19. The molecule has 6 heterocycles. The highest BCUT2D eigenvalue weighted by Crippen LogP contribution is 2.41. The predicted molar refractivity (Wildman–Crippen MR) is 151 cm³/mol. The minimum Gasteiger partial charge on any atom is -0.508 e. The van der Waals surface area contributed by atoms with E-state index in [4.69, 9.17) is 24.4 Å². The molecule has 2 aromatic heterocycles. The van der Waals surface area contributed by atoms with Crippen LogP contribution in [0, 0.1) is 0 Å². The molecular weight excluding hydrogens is 512 g/mol. The number of fused-ring (bicyclic) bond motifs is 5. The lowest BCUT2D eigenvalue weighted by Gasteiger charge is -2.34. The Hall–Kier alpha value is -3.21. The maximum Gasteiger partial charge on any atom is 0.319 e. The Kier molecular flexibility index (Phi) is 5.57. The average molecular weight is 545 g/mol. The summed E-state index contributed by atoms with van der Waals surface area (Å²) < 4.78 is 12.7. The zero-order chi connectivity index (χ0) is 26.0. The van der Waals surface area contributed by atoms with Crippen LogP contribution in [0.2, 0.25) is 0 Å². The predicted octanol–water partition coefficient (Wildman–Crippen LogP) is 4.69. The fourth-order valence-corrected chi connectivity index (χ4v) is 7.96. The highest BCUT2D eigenvalue weighted by Gasteiger charge is 2.45. The van der Waals surface area contributed by atoms with E-state index in [0.717, 1.165) is 53.1 Å². The van der Waals surface area contributed by atoms with Gasteiger partial charge in [-0.2, -0.15) is 15.0 Å². The van der Waals surface area contributed by atoms with Gasteiger partial charge in [0.1, 0.15) is 23.6 Å². The number of hydrogen-bond acceptors (Lipinski definition) is 10. The number of aromatic hydroxyl groups is 1. The number of piperazine rings is 1. The van der Waals surface area contributed by atoms with E-state index in [2.05, 4.69) is 15.1 Å². The Balaban J connectivity index is 1.16. The zero-order valence-corrected chi connectivity index (χ0v) is 22.6. The number of rotatable bonds is 6. The molecule has 4 fully saturated rings. The van der Waals surface area contributed by atoms with E-state index in [9.17, 15) is 5.11 Å². The lowest BCUT2D eigenvalue weighted by Crippen LogP contribution is -2.51. The quantitative estimate of drug-likeness (QED) is 0.359. The van der Waals surface area contributed by atoms with Crippen molar-refractivity contribution in [2.24, 2.45) is 0 Å². The normalized spacial score (nSPS) is 24.1. The van der Waals surface area contributed by atoms with E-state index in [1.807, 2.05) is 24.3 Å². The van der Waals surface area contributed by atoms with Crippen molar-refractivity contribution in [1.29, 1.82) is 0 Å². The first-order chi connectivity index (χ1) is 19.1. The Morgan fingerprint density at radius 2 is 1.82 bits per heavy atom. The third kappa shape index (κ3) is 4.16. The number of ether oxygens (including phenoxy) is 2. The molecule has 2 atom stereocenters. The Morgan fingerprint density at radius 3 is 2.64 bits per heavy atom. The minimum atomic E-state index is 0.130. The minimum absolute atomic E-state index is 0.130. The van der Waals surface area contributed by atoms with Crippen LogP contribution in [0.25, 0.3) is 21.1 Å². The van der Waals surface area contributed by atoms with Crippen molar-refractivity contribution in [3.63, 3.8) is 0 Å². The molecule has 39 heavy (non-hydrogen) atoms. The van der Waals surface area contributed by atoms with Gasteiger partial charge < -0.3 is 24.8 Å². The number of hydrogen-bond donors (Lipinski definition) is 2. The molecule has 4 aliphatic heterocycles. The van der Waals surface area contributed by atoms with Crippen LogP contribution in [-0.2, 0) is 0 Å². The number of aromatic nitrogens is 3. The summed E-state index contributed by atoms with van der Waals surface area (Å²) in [7, 11) is 0. The molecule has 0 aliphatic carbocycles. The van der Waals surface area contributed by atoms with E-state index in [0.29, 0.717) is 35.6 Å². The van der Waals surface area contributed by atoms with Crippen molar-refractivity contribution in [3.05, 3.63) is 36.4 Å². The fourth-order valence-electron chi connectivity index (χ4n) is 7.17. The SMILES string of the molecule is Oc1cc(Oc2nc3c(N4CC5CCC(C4)N5)nc(OCC45CCCN4CCC5)nc3s2)c2ccccc2c1. The largest absolute Gasteiger partial charge is 0.508 e. The molecule has 202 valence electrons. The van der Waals surface area contributed by atoms with E-state index in [1.54, 1.807) is 12.1 Å². The molecule has 4 saturated heterocycles. The summed E-state index contributed by atoms with van der Waals surface area (Å²) in [5, 5.41) is 16.3. The molecule has 4 aliphatic rings. The second-order valence-electron chi connectivity index (χ2n) is 11.5. The molecule has 4 aromatic rings. The molecule has 0 saturated carbocycles. The summed E-state index contributed by atoms with van der Waals surface area (Å²) >= 11 is 1.39. The number of phenolic OH excluding ortho intramolecular Hbond substituents is 1. The van der Waals surface area contributed by atoms with Crippen molar-refractivity contribution in [2.45, 2.75) is 56.1 Å². The Bertz CT molecular complexity index is 1540. The third-order valence-electron chi connectivity index (χ3n) is 9.00. The molecule has 2 aromatic carbocycles. The molecule has 2 bridgehead atoms. The summed E-state index contributed by atoms with van der Waals surface area (Å²) in [4.78, 5) is 20.4. The number of phenols is 1. The summed E-state index contributed by atoms with van der Waals surface area (Å²) in [6.45, 7) is 4.74. The molecule has 10 heteroatoms. The molecule has 0 amide bonds. The standard InChI is InChI=1S/C29H32N6O3S/c36-21-13-18-5-1-2-6-22(18)23(14-21)38-28-31-24-25(34-15-19-7-8-20(16-34)30-19)32-27(33-26(24)39-28)37-17-29-9-3-11-35(29)12-4-10-29/h1-2,5-6,13-14,19-20,30,36H,3-4,7-12,15-17H2. The van der Waals surface area contributed by atoms with Crippen molar-refractivity contribution >= 4 is 38.3 Å². The topological polar surface area (TPSA) is 95.9 Å². The molecular formula is C29H32N6O3S. The van der Waals surface area contributed by atoms with Gasteiger partial charge in [-0.15, -0.1) is 0 Å². The lowest BCUT2D eigenvalue weighted by molar-refractivity contribution is 0.108. The molecule has 9 nitrogen and oxygen atoms in total. The number of nitrogens with one attached hydrogen (secondary N) is 1. The molecule has 0 radical (unpaired) electrons. The monoisotopic (exact) mass is 544 g/mol. The van der Waals surface area contributed by atoms with Crippen LogP contribution >= 0.6 is 11.3 Å². The fraction of sp³-hybridized carbons (Fsp3) is 0.483. The summed E-state index contributed by atoms with van der Waals surface area (Å²) in [5.74, 6) is 1.55. The van der Waals surface area contributed by atoms with Gasteiger partial charge in [-0.1, -0.05) is 35.6 Å². The van der Waals surface area contributed by atoms with Gasteiger partial charge in [-0.3, -0.25) is 4.90 Å². The van der Waals surface area contributed by atoms with Crippen LogP contribution in [0.1, 0.15) is 38.5 Å². The molecule has 2 unspecified atom stereocenters. The highest BCUT2D eigenvalue weighted by atomic mass is 32.1. The van der Waals surface area contributed by atoms with Gasteiger partial charge in [0.15, 0.2) is 10.6 Å². The van der Waals surface area contributed by atoms with E-state index in [-0.39, 0.29) is 11.3 Å². The van der Waals surface area contributed by atoms with E-state index >= 15 is 0 Å². The number of nitrogens with zero attached hydrogens (tertiary/aromatic N) is 5. The second-order valence-corrected chi connectivity index (χ2v) is 12.4. The van der Waals surface area contributed by atoms with Crippen LogP contribution in [0.15, 0.2) is 36.4 Å². The van der Waals surface area contributed by atoms with Crippen molar-refractivity contribution in [3.8, 4) is 22.7 Å². The zero-order valence-electron chi connectivity index (χ0n) is 21.8. The Morgan fingerprint density at radius 1 is 1.03 bits per heavy atom. The first-order valence-corrected chi connectivity index (χ1v) is 14.9. The summed E-state index contributed by atoms with van der Waals surface area (Å²) in [6, 6.07) is 12.6. The third-order valence-corrected chi connectivity index (χ3v) is 9.83. The van der Waals surface area contributed by atoms with Crippen LogP contribution in [0.5, 0.6) is 22.7 Å². The molecule has 0 spiro atoms. The van der Waals surface area contributed by atoms with Gasteiger partial charge in [0, 0.05) is 36.6 Å². The van der Waals surface area contributed by atoms with Gasteiger partial charge in [0.2, 0.25) is 0 Å². The smallest absolute Gasteiger partial charge is 0.319 e. The lowest BCUT2D eigenvalue weighted by atomic mass is 9.95. The van der Waals surface area contributed by atoms with Crippen LogP contribution < -0.4 is 19.7 Å². The van der Waals surface area contributed by atoms with E-state index in [1.165, 1.54) is 49.9 Å². The first-order valence-electron chi connectivity index (χ1n) is 14.1. The van der Waals surface area contributed by atoms with Crippen LogP contribution in [0.4, 0.5) is 5.82 Å². The van der Waals surface area contributed by atoms with Crippen molar-refractivity contribution in [2.75, 3.05) is 37.7 Å². The number of anilines is 1. The Labute approximate surface area is 230 Å². The van der Waals surface area contributed by atoms with E-state index < -0.39 is 0 Å². The van der Waals surface area contributed by atoms with Crippen molar-refractivity contribution < 1.29 is 14.6 Å². The van der Waals surface area contributed by atoms with Gasteiger partial charge >= 0.3 is 6.01 Å². The molecule has 2 N–H and O–H groups in total. The summed E-state index contributed by atoms with van der Waals surface area (Å²) in [6.07, 6.45) is 7.20. The number of thiazole rings is 1. The maximum absolute atomic E-state index is 10.3. The van der Waals surface area contributed by atoms with Gasteiger partial charge in [0.05, 0.1) is 5.54 Å². The van der Waals surface area contributed by atoms with Gasteiger partial charge in [-0.05, 0) is 63.1 Å². The first kappa shape index (κ1) is 23.7. The second kappa shape index (κ2) is 9.18. The maximum atomic E-state index is 10.3. The van der Waals surface area contributed by atoms with Gasteiger partial charge in [0.25, 0.3) is 5.19 Å². The summed E-state index contributed by atoms with van der Waals surface area (Å²) in [5.41, 5.74) is 0.875.